The first kappa shape index (κ1) is 16.7. The Morgan fingerprint density at radius 3 is 2.73 bits per heavy atom. The first-order chi connectivity index (χ1) is 10.3. The number of amides is 1. The molecule has 0 fully saturated rings. The van der Waals surface area contributed by atoms with Crippen LogP contribution in [-0.2, 0) is 23.2 Å². The number of thiazole rings is 1. The van der Waals surface area contributed by atoms with Gasteiger partial charge in [0.15, 0.2) is 0 Å². The van der Waals surface area contributed by atoms with Gasteiger partial charge in [-0.2, -0.15) is 0 Å². The zero-order valence-corrected chi connectivity index (χ0v) is 14.6. The molecule has 1 amide bonds. The molecular formula is C18H24N2OS. The monoisotopic (exact) mass is 316 g/mol. The summed E-state index contributed by atoms with van der Waals surface area (Å²) in [6, 6.07) is 8.20. The molecule has 22 heavy (non-hydrogen) atoms. The van der Waals surface area contributed by atoms with Gasteiger partial charge in [0.2, 0.25) is 5.91 Å². The van der Waals surface area contributed by atoms with E-state index in [2.05, 4.69) is 55.5 Å². The Kier molecular flexibility index (Phi) is 5.35. The average molecular weight is 316 g/mol. The van der Waals surface area contributed by atoms with Crippen molar-refractivity contribution in [1.82, 2.24) is 10.3 Å². The Morgan fingerprint density at radius 1 is 1.32 bits per heavy atom. The van der Waals surface area contributed by atoms with E-state index in [1.54, 1.807) is 11.3 Å². The van der Waals surface area contributed by atoms with Crippen LogP contribution in [0, 0.1) is 6.92 Å². The summed E-state index contributed by atoms with van der Waals surface area (Å²) >= 11 is 1.64. The number of aryl methyl sites for hydroxylation is 2. The highest BCUT2D eigenvalue weighted by Crippen LogP contribution is 2.24. The number of rotatable bonds is 5. The first-order valence-corrected chi connectivity index (χ1v) is 8.50. The molecule has 0 spiro atoms. The van der Waals surface area contributed by atoms with Crippen molar-refractivity contribution >= 4 is 17.2 Å². The molecule has 0 radical (unpaired) electrons. The Morgan fingerprint density at radius 2 is 2.09 bits per heavy atom. The van der Waals surface area contributed by atoms with E-state index in [0.717, 1.165) is 16.3 Å². The van der Waals surface area contributed by atoms with Gasteiger partial charge in [0.25, 0.3) is 0 Å². The van der Waals surface area contributed by atoms with Gasteiger partial charge >= 0.3 is 0 Å². The van der Waals surface area contributed by atoms with Gasteiger partial charge in [-0.15, -0.1) is 11.3 Å². The maximum atomic E-state index is 11.9. The van der Waals surface area contributed by atoms with Crippen LogP contribution < -0.4 is 5.32 Å². The summed E-state index contributed by atoms with van der Waals surface area (Å²) < 4.78 is 0. The van der Waals surface area contributed by atoms with Crippen molar-refractivity contribution in [3.63, 3.8) is 0 Å². The Bertz CT molecular complexity index is 641. The van der Waals surface area contributed by atoms with Crippen LogP contribution in [0.15, 0.2) is 29.6 Å². The predicted molar refractivity (Wildman–Crippen MR) is 92.2 cm³/mol. The van der Waals surface area contributed by atoms with E-state index in [-0.39, 0.29) is 11.3 Å². The average Bonchev–Trinajstić information content (AvgIpc) is 2.92. The van der Waals surface area contributed by atoms with Crippen molar-refractivity contribution in [3.8, 4) is 0 Å². The van der Waals surface area contributed by atoms with Crippen molar-refractivity contribution in [2.24, 2.45) is 0 Å². The molecule has 118 valence electrons. The number of benzene rings is 1. The van der Waals surface area contributed by atoms with Crippen LogP contribution in [0.25, 0.3) is 0 Å². The largest absolute Gasteiger partial charge is 0.352 e. The minimum atomic E-state index is 0.0716. The summed E-state index contributed by atoms with van der Waals surface area (Å²) in [5, 5.41) is 6.11. The van der Waals surface area contributed by atoms with E-state index < -0.39 is 0 Å². The Hall–Kier alpha value is -1.68. The molecule has 2 rings (SSSR count). The van der Waals surface area contributed by atoms with Gasteiger partial charge < -0.3 is 5.32 Å². The van der Waals surface area contributed by atoms with Crippen LogP contribution in [-0.4, -0.2) is 10.9 Å². The van der Waals surface area contributed by atoms with Gasteiger partial charge in [0.1, 0.15) is 0 Å². The second-order valence-corrected chi connectivity index (χ2v) is 7.58. The molecule has 1 aromatic heterocycles. The number of nitrogens with one attached hydrogen (secondary N) is 1. The molecule has 0 saturated heterocycles. The third-order valence-corrected chi connectivity index (χ3v) is 4.37. The molecular weight excluding hydrogens is 292 g/mol. The van der Waals surface area contributed by atoms with E-state index in [1.165, 1.54) is 5.56 Å². The second-order valence-electron chi connectivity index (χ2n) is 6.64. The SMILES string of the molecule is Cc1cccc(CNC(=O)CCc2nc(C(C)(C)C)cs2)c1. The molecule has 0 aliphatic rings. The zero-order chi connectivity index (χ0) is 16.2. The molecule has 0 bridgehead atoms. The Balaban J connectivity index is 1.79. The maximum Gasteiger partial charge on any atom is 0.220 e. The second kappa shape index (κ2) is 7.05. The number of aromatic nitrogens is 1. The van der Waals surface area contributed by atoms with Crippen molar-refractivity contribution in [2.75, 3.05) is 0 Å². The lowest BCUT2D eigenvalue weighted by Crippen LogP contribution is -2.23. The lowest BCUT2D eigenvalue weighted by Gasteiger charge is -2.14. The highest BCUT2D eigenvalue weighted by atomic mass is 32.1. The fourth-order valence-electron chi connectivity index (χ4n) is 2.10. The minimum absolute atomic E-state index is 0.0716. The molecule has 0 saturated carbocycles. The van der Waals surface area contributed by atoms with E-state index in [0.29, 0.717) is 19.4 Å². The number of nitrogens with zero attached hydrogens (tertiary/aromatic N) is 1. The zero-order valence-electron chi connectivity index (χ0n) is 13.8. The molecule has 4 heteroatoms. The number of hydrogen-bond donors (Lipinski definition) is 1. The molecule has 2 aromatic rings. The highest BCUT2D eigenvalue weighted by molar-refractivity contribution is 7.09. The molecule has 1 aromatic carbocycles. The highest BCUT2D eigenvalue weighted by Gasteiger charge is 2.17. The molecule has 3 nitrogen and oxygen atoms in total. The maximum absolute atomic E-state index is 11.9. The normalized spacial score (nSPS) is 11.5. The van der Waals surface area contributed by atoms with E-state index >= 15 is 0 Å². The summed E-state index contributed by atoms with van der Waals surface area (Å²) in [6.07, 6.45) is 1.20. The first-order valence-electron chi connectivity index (χ1n) is 7.62. The van der Waals surface area contributed by atoms with Crippen molar-refractivity contribution in [2.45, 2.75) is 52.5 Å². The number of carbonyl (C=O) groups excluding carboxylic acids is 1. The van der Waals surface area contributed by atoms with Gasteiger partial charge in [-0.3, -0.25) is 4.79 Å². The Labute approximate surface area is 136 Å². The van der Waals surface area contributed by atoms with Gasteiger partial charge in [-0.25, -0.2) is 4.98 Å². The smallest absolute Gasteiger partial charge is 0.220 e. The van der Waals surface area contributed by atoms with Crippen LogP contribution in [0.5, 0.6) is 0 Å². The molecule has 0 atom stereocenters. The topological polar surface area (TPSA) is 42.0 Å². The summed E-state index contributed by atoms with van der Waals surface area (Å²) in [7, 11) is 0. The number of carbonyl (C=O) groups is 1. The van der Waals surface area contributed by atoms with Crippen LogP contribution in [0.3, 0.4) is 0 Å². The van der Waals surface area contributed by atoms with Crippen LogP contribution in [0.2, 0.25) is 0 Å². The fourth-order valence-corrected chi connectivity index (χ4v) is 3.13. The summed E-state index contributed by atoms with van der Waals surface area (Å²) in [5.41, 5.74) is 3.52. The van der Waals surface area contributed by atoms with Crippen molar-refractivity contribution in [3.05, 3.63) is 51.5 Å². The molecule has 0 aliphatic carbocycles. The van der Waals surface area contributed by atoms with E-state index in [4.69, 9.17) is 0 Å². The summed E-state index contributed by atoms with van der Waals surface area (Å²) in [5.74, 6) is 0.0778. The third-order valence-electron chi connectivity index (χ3n) is 3.46. The van der Waals surface area contributed by atoms with Gasteiger partial charge in [-0.1, -0.05) is 50.6 Å². The molecule has 1 N–H and O–H groups in total. The lowest BCUT2D eigenvalue weighted by atomic mass is 9.93. The van der Waals surface area contributed by atoms with Crippen molar-refractivity contribution < 1.29 is 4.79 Å². The fraction of sp³-hybridized carbons (Fsp3) is 0.444. The summed E-state index contributed by atoms with van der Waals surface area (Å²) in [4.78, 5) is 16.6. The summed E-state index contributed by atoms with van der Waals surface area (Å²) in [6.45, 7) is 9.10. The van der Waals surface area contributed by atoms with Gasteiger partial charge in [-0.05, 0) is 12.5 Å². The van der Waals surface area contributed by atoms with Gasteiger partial charge in [0.05, 0.1) is 10.7 Å². The van der Waals surface area contributed by atoms with Crippen LogP contribution in [0.1, 0.15) is 49.0 Å². The molecule has 1 heterocycles. The molecule has 0 aliphatic heterocycles. The van der Waals surface area contributed by atoms with E-state index in [1.807, 2.05) is 12.1 Å². The standard InChI is InChI=1S/C18H24N2OS/c1-13-6-5-7-14(10-13)11-19-16(21)8-9-17-20-15(12-22-17)18(2,3)4/h5-7,10,12H,8-9,11H2,1-4H3,(H,19,21). The van der Waals surface area contributed by atoms with Crippen LogP contribution >= 0.6 is 11.3 Å². The quantitative estimate of drug-likeness (QED) is 0.906. The lowest BCUT2D eigenvalue weighted by molar-refractivity contribution is -0.121. The van der Waals surface area contributed by atoms with E-state index in [9.17, 15) is 4.79 Å². The van der Waals surface area contributed by atoms with Crippen LogP contribution in [0.4, 0.5) is 0 Å². The predicted octanol–water partition coefficient (Wildman–Crippen LogP) is 4.00. The van der Waals surface area contributed by atoms with Crippen molar-refractivity contribution in [1.29, 1.82) is 0 Å². The molecule has 0 unspecified atom stereocenters. The van der Waals surface area contributed by atoms with Gasteiger partial charge in [0, 0.05) is 30.2 Å². The number of hydrogen-bond acceptors (Lipinski definition) is 3. The minimum Gasteiger partial charge on any atom is -0.352 e. The third kappa shape index (κ3) is 4.95.